The highest BCUT2D eigenvalue weighted by Crippen LogP contribution is 2.38. The molecule has 1 fully saturated rings. The minimum Gasteiger partial charge on any atom is -0.494 e. The van der Waals surface area contributed by atoms with Gasteiger partial charge in [0.2, 0.25) is 5.91 Å². The molecular formula is C23H26ClN3O2S2. The van der Waals surface area contributed by atoms with Crippen molar-refractivity contribution in [3.63, 3.8) is 0 Å². The summed E-state index contributed by atoms with van der Waals surface area (Å²) in [6, 6.07) is 12.0. The Labute approximate surface area is 196 Å². The highest BCUT2D eigenvalue weighted by molar-refractivity contribution is 7.99. The number of fused-ring (bicyclic) bond motifs is 1. The fourth-order valence-corrected chi connectivity index (χ4v) is 5.78. The van der Waals surface area contributed by atoms with E-state index >= 15 is 0 Å². The molecule has 0 radical (unpaired) electrons. The fourth-order valence-electron chi connectivity index (χ4n) is 3.63. The molecule has 2 aromatic carbocycles. The predicted octanol–water partition coefficient (Wildman–Crippen LogP) is 5.35. The molecule has 1 aromatic heterocycles. The molecule has 164 valence electrons. The lowest BCUT2D eigenvalue weighted by atomic mass is 10.1. The van der Waals surface area contributed by atoms with E-state index in [-0.39, 0.29) is 5.91 Å². The molecule has 1 aliphatic heterocycles. The average molecular weight is 476 g/mol. The standard InChI is InChI=1S/C23H26ClN3O2S2/c1-15(2)30-17-6-4-16(5-7-17)14-20(28)26-10-12-27(13-11-26)23-25-21-19(29-3)9-8-18(24)22(21)31-23/h4-9,15H,10-14H2,1-3H3. The van der Waals surface area contributed by atoms with Crippen molar-refractivity contribution < 1.29 is 9.53 Å². The van der Waals surface area contributed by atoms with Crippen LogP contribution in [0.2, 0.25) is 5.02 Å². The largest absolute Gasteiger partial charge is 0.494 e. The Morgan fingerprint density at radius 3 is 2.52 bits per heavy atom. The van der Waals surface area contributed by atoms with Crippen LogP contribution < -0.4 is 9.64 Å². The molecule has 0 atom stereocenters. The molecule has 8 heteroatoms. The Hall–Kier alpha value is -1.96. The van der Waals surface area contributed by atoms with Gasteiger partial charge in [-0.2, -0.15) is 0 Å². The van der Waals surface area contributed by atoms with Crippen LogP contribution in [0, 0.1) is 0 Å². The number of carbonyl (C=O) groups is 1. The number of halogens is 1. The molecule has 31 heavy (non-hydrogen) atoms. The zero-order valence-corrected chi connectivity index (χ0v) is 20.3. The van der Waals surface area contributed by atoms with Gasteiger partial charge in [-0.15, -0.1) is 11.8 Å². The van der Waals surface area contributed by atoms with E-state index in [1.807, 2.05) is 28.8 Å². The van der Waals surface area contributed by atoms with Crippen molar-refractivity contribution in [3.05, 3.63) is 47.0 Å². The van der Waals surface area contributed by atoms with Crippen molar-refractivity contribution in [2.45, 2.75) is 30.4 Å². The summed E-state index contributed by atoms with van der Waals surface area (Å²) in [6.07, 6.45) is 0.445. The highest BCUT2D eigenvalue weighted by Gasteiger charge is 2.24. The fraction of sp³-hybridized carbons (Fsp3) is 0.391. The van der Waals surface area contributed by atoms with Crippen LogP contribution >= 0.6 is 34.7 Å². The lowest BCUT2D eigenvalue weighted by Gasteiger charge is -2.34. The monoisotopic (exact) mass is 475 g/mol. The number of amides is 1. The number of thioether (sulfide) groups is 1. The van der Waals surface area contributed by atoms with Crippen LogP contribution in [-0.4, -0.2) is 54.3 Å². The van der Waals surface area contributed by atoms with Gasteiger partial charge in [0, 0.05) is 36.3 Å². The molecule has 0 aliphatic carbocycles. The van der Waals surface area contributed by atoms with Gasteiger partial charge in [-0.3, -0.25) is 4.79 Å². The van der Waals surface area contributed by atoms with Gasteiger partial charge in [-0.1, -0.05) is 48.9 Å². The maximum Gasteiger partial charge on any atom is 0.227 e. The minimum absolute atomic E-state index is 0.179. The third-order valence-corrected chi connectivity index (χ3v) is 7.81. The van der Waals surface area contributed by atoms with Gasteiger partial charge in [-0.25, -0.2) is 4.98 Å². The van der Waals surface area contributed by atoms with E-state index in [1.165, 1.54) is 4.90 Å². The first-order valence-electron chi connectivity index (χ1n) is 10.4. The number of rotatable bonds is 6. The van der Waals surface area contributed by atoms with E-state index in [1.54, 1.807) is 18.4 Å². The van der Waals surface area contributed by atoms with Crippen molar-refractivity contribution in [2.24, 2.45) is 0 Å². The summed E-state index contributed by atoms with van der Waals surface area (Å²) in [6.45, 7) is 7.27. The third kappa shape index (κ3) is 5.10. The van der Waals surface area contributed by atoms with E-state index in [2.05, 4.69) is 43.0 Å². The Morgan fingerprint density at radius 2 is 1.87 bits per heavy atom. The molecule has 0 unspecified atom stereocenters. The smallest absolute Gasteiger partial charge is 0.227 e. The maximum absolute atomic E-state index is 12.8. The summed E-state index contributed by atoms with van der Waals surface area (Å²) >= 11 is 9.77. The number of nitrogens with zero attached hydrogens (tertiary/aromatic N) is 3. The normalized spacial score (nSPS) is 14.5. The quantitative estimate of drug-likeness (QED) is 0.449. The molecule has 3 aromatic rings. The van der Waals surface area contributed by atoms with Crippen LogP contribution in [0.15, 0.2) is 41.3 Å². The predicted molar refractivity (Wildman–Crippen MR) is 131 cm³/mol. The lowest BCUT2D eigenvalue weighted by molar-refractivity contribution is -0.130. The summed E-state index contributed by atoms with van der Waals surface area (Å²) in [7, 11) is 1.64. The molecule has 1 amide bonds. The third-order valence-electron chi connectivity index (χ3n) is 5.22. The molecule has 0 N–H and O–H groups in total. The van der Waals surface area contributed by atoms with Gasteiger partial charge in [0.15, 0.2) is 5.13 Å². The number of carbonyl (C=O) groups excluding carboxylic acids is 1. The number of ether oxygens (including phenoxy) is 1. The number of piperazine rings is 1. The number of benzene rings is 2. The van der Waals surface area contributed by atoms with Gasteiger partial charge in [0.1, 0.15) is 11.3 Å². The van der Waals surface area contributed by atoms with Crippen molar-refractivity contribution in [1.29, 1.82) is 0 Å². The van der Waals surface area contributed by atoms with Gasteiger partial charge in [0.25, 0.3) is 0 Å². The Balaban J connectivity index is 1.37. The van der Waals surface area contributed by atoms with Crippen molar-refractivity contribution >= 4 is 56.0 Å². The Morgan fingerprint density at radius 1 is 1.16 bits per heavy atom. The van der Waals surface area contributed by atoms with Gasteiger partial charge < -0.3 is 14.5 Å². The molecule has 5 nitrogen and oxygen atoms in total. The molecule has 2 heterocycles. The molecule has 0 spiro atoms. The van der Waals surface area contributed by atoms with Gasteiger partial charge in [-0.05, 0) is 29.8 Å². The van der Waals surface area contributed by atoms with E-state index in [4.69, 9.17) is 21.3 Å². The second kappa shape index (κ2) is 9.67. The lowest BCUT2D eigenvalue weighted by Crippen LogP contribution is -2.49. The van der Waals surface area contributed by atoms with Crippen LogP contribution in [0.4, 0.5) is 5.13 Å². The first kappa shape index (κ1) is 22.2. The summed E-state index contributed by atoms with van der Waals surface area (Å²) in [5, 5.41) is 2.16. The van der Waals surface area contributed by atoms with Gasteiger partial charge in [0.05, 0.1) is 23.3 Å². The van der Waals surface area contributed by atoms with Crippen molar-refractivity contribution in [2.75, 3.05) is 38.2 Å². The second-order valence-corrected chi connectivity index (χ2v) is 10.8. The first-order chi connectivity index (χ1) is 14.9. The van der Waals surface area contributed by atoms with Crippen LogP contribution in [0.3, 0.4) is 0 Å². The van der Waals surface area contributed by atoms with Gasteiger partial charge >= 0.3 is 0 Å². The first-order valence-corrected chi connectivity index (χ1v) is 12.4. The SMILES string of the molecule is COc1ccc(Cl)c2sc(N3CCN(C(=O)Cc4ccc(SC(C)C)cc4)CC3)nc12. The molecule has 0 bridgehead atoms. The highest BCUT2D eigenvalue weighted by atomic mass is 35.5. The van der Waals surface area contributed by atoms with E-state index in [0.29, 0.717) is 29.8 Å². The van der Waals surface area contributed by atoms with Crippen LogP contribution in [0.1, 0.15) is 19.4 Å². The Bertz CT molecular complexity index is 1060. The van der Waals surface area contributed by atoms with Crippen LogP contribution in [0.25, 0.3) is 10.2 Å². The molecule has 4 rings (SSSR count). The number of aromatic nitrogens is 1. The number of thiazole rings is 1. The average Bonchev–Trinajstić information content (AvgIpc) is 3.22. The number of hydrogen-bond donors (Lipinski definition) is 0. The van der Waals surface area contributed by atoms with Crippen LogP contribution in [-0.2, 0) is 11.2 Å². The van der Waals surface area contributed by atoms with E-state index < -0.39 is 0 Å². The molecule has 1 saturated heterocycles. The summed E-state index contributed by atoms with van der Waals surface area (Å²) in [5.74, 6) is 0.909. The zero-order valence-electron chi connectivity index (χ0n) is 17.9. The van der Waals surface area contributed by atoms with Crippen molar-refractivity contribution in [1.82, 2.24) is 9.88 Å². The molecular weight excluding hydrogens is 450 g/mol. The maximum atomic E-state index is 12.8. The molecule has 0 saturated carbocycles. The molecule has 1 aliphatic rings. The Kier molecular flexibility index (Phi) is 6.94. The topological polar surface area (TPSA) is 45.7 Å². The number of anilines is 1. The van der Waals surface area contributed by atoms with E-state index in [9.17, 15) is 4.79 Å². The minimum atomic E-state index is 0.179. The number of methoxy groups -OCH3 is 1. The second-order valence-electron chi connectivity index (χ2n) is 7.78. The van der Waals surface area contributed by atoms with Crippen LogP contribution in [0.5, 0.6) is 5.75 Å². The number of hydrogen-bond acceptors (Lipinski definition) is 6. The zero-order chi connectivity index (χ0) is 22.0. The van der Waals surface area contributed by atoms with Crippen molar-refractivity contribution in [3.8, 4) is 5.75 Å². The van der Waals surface area contributed by atoms with E-state index in [0.717, 1.165) is 39.8 Å². The summed E-state index contributed by atoms with van der Waals surface area (Å²) in [5.41, 5.74) is 1.86. The summed E-state index contributed by atoms with van der Waals surface area (Å²) < 4.78 is 6.37. The summed E-state index contributed by atoms with van der Waals surface area (Å²) in [4.78, 5) is 23.0.